The van der Waals surface area contributed by atoms with Crippen molar-refractivity contribution in [2.75, 3.05) is 11.4 Å². The fourth-order valence-corrected chi connectivity index (χ4v) is 4.10. The molecule has 4 heterocycles. The number of hydrogen-bond donors (Lipinski definition) is 0. The third kappa shape index (κ3) is 3.32. The van der Waals surface area contributed by atoms with Crippen molar-refractivity contribution in [3.63, 3.8) is 0 Å². The van der Waals surface area contributed by atoms with Crippen LogP contribution in [0, 0.1) is 0 Å². The Morgan fingerprint density at radius 1 is 0.968 bits per heavy atom. The molecule has 7 nitrogen and oxygen atoms in total. The zero-order valence-electron chi connectivity index (χ0n) is 17.5. The average Bonchev–Trinajstić information content (AvgIpc) is 3.37. The van der Waals surface area contributed by atoms with E-state index in [4.69, 9.17) is 5.10 Å². The molecule has 0 bridgehead atoms. The molecule has 1 amide bonds. The normalized spacial score (nSPS) is 14.2. The van der Waals surface area contributed by atoms with Crippen LogP contribution in [0.15, 0.2) is 65.6 Å². The molecule has 4 aromatic rings. The lowest BCUT2D eigenvalue weighted by atomic mass is 10.0. The van der Waals surface area contributed by atoms with E-state index in [2.05, 4.69) is 5.10 Å². The molecule has 156 valence electrons. The van der Waals surface area contributed by atoms with Gasteiger partial charge in [0.15, 0.2) is 0 Å². The first-order valence-corrected chi connectivity index (χ1v) is 10.5. The molecule has 0 unspecified atom stereocenters. The van der Waals surface area contributed by atoms with Gasteiger partial charge in [0.1, 0.15) is 5.69 Å². The molecule has 0 N–H and O–H groups in total. The van der Waals surface area contributed by atoms with E-state index < -0.39 is 0 Å². The number of rotatable bonds is 4. The lowest BCUT2D eigenvalue weighted by Gasteiger charge is -2.16. The molecule has 1 saturated heterocycles. The summed E-state index contributed by atoms with van der Waals surface area (Å²) in [6.45, 7) is 4.59. The Bertz CT molecular complexity index is 1340. The van der Waals surface area contributed by atoms with E-state index in [1.807, 2.05) is 71.9 Å². The molecular weight excluding hydrogens is 390 g/mol. The smallest absolute Gasteiger partial charge is 0.267 e. The summed E-state index contributed by atoms with van der Waals surface area (Å²) in [7, 11) is 0. The van der Waals surface area contributed by atoms with Crippen molar-refractivity contribution in [2.24, 2.45) is 0 Å². The number of amides is 1. The van der Waals surface area contributed by atoms with Crippen molar-refractivity contribution in [3.05, 3.63) is 71.1 Å². The van der Waals surface area contributed by atoms with Crippen molar-refractivity contribution in [1.29, 1.82) is 0 Å². The van der Waals surface area contributed by atoms with Crippen LogP contribution in [-0.2, 0) is 4.79 Å². The third-order valence-corrected chi connectivity index (χ3v) is 5.62. The van der Waals surface area contributed by atoms with Crippen molar-refractivity contribution in [1.82, 2.24) is 19.4 Å². The van der Waals surface area contributed by atoms with E-state index in [1.165, 1.54) is 4.68 Å². The largest absolute Gasteiger partial charge is 0.312 e. The molecule has 0 aliphatic carbocycles. The first-order chi connectivity index (χ1) is 15.0. The number of carbonyl (C=O) groups excluding carboxylic acids is 1. The molecule has 7 heteroatoms. The van der Waals surface area contributed by atoms with E-state index >= 15 is 0 Å². The monoisotopic (exact) mass is 413 g/mol. The van der Waals surface area contributed by atoms with Gasteiger partial charge < -0.3 is 4.90 Å². The van der Waals surface area contributed by atoms with Gasteiger partial charge in [0.05, 0.1) is 22.8 Å². The van der Waals surface area contributed by atoms with Crippen LogP contribution in [0.2, 0.25) is 0 Å². The maximum absolute atomic E-state index is 12.3. The Hall–Kier alpha value is -3.74. The Labute approximate surface area is 179 Å². The summed E-state index contributed by atoms with van der Waals surface area (Å²) in [5.74, 6) is 0.139. The van der Waals surface area contributed by atoms with E-state index in [-0.39, 0.29) is 17.5 Å². The predicted molar refractivity (Wildman–Crippen MR) is 120 cm³/mol. The second-order valence-corrected chi connectivity index (χ2v) is 8.05. The number of pyridine rings is 1. The molecule has 31 heavy (non-hydrogen) atoms. The molecule has 0 atom stereocenters. The molecule has 3 aromatic heterocycles. The van der Waals surface area contributed by atoms with Gasteiger partial charge >= 0.3 is 0 Å². The minimum Gasteiger partial charge on any atom is -0.312 e. The van der Waals surface area contributed by atoms with Crippen LogP contribution in [0.1, 0.15) is 32.7 Å². The number of fused-ring (bicyclic) bond motifs is 1. The van der Waals surface area contributed by atoms with Crippen molar-refractivity contribution >= 4 is 17.1 Å². The zero-order chi connectivity index (χ0) is 21.5. The molecule has 1 fully saturated rings. The quantitative estimate of drug-likeness (QED) is 0.508. The predicted octanol–water partition coefficient (Wildman–Crippen LogP) is 3.93. The third-order valence-electron chi connectivity index (χ3n) is 5.62. The van der Waals surface area contributed by atoms with Crippen LogP contribution in [-0.4, -0.2) is 31.8 Å². The van der Waals surface area contributed by atoms with Gasteiger partial charge in [-0.3, -0.25) is 9.59 Å². The first kappa shape index (κ1) is 19.2. The van der Waals surface area contributed by atoms with Crippen LogP contribution in [0.4, 0.5) is 5.69 Å². The number of anilines is 1. The van der Waals surface area contributed by atoms with Crippen molar-refractivity contribution in [2.45, 2.75) is 32.7 Å². The van der Waals surface area contributed by atoms with Gasteiger partial charge in [-0.15, -0.1) is 0 Å². The average molecular weight is 413 g/mol. The Morgan fingerprint density at radius 3 is 2.48 bits per heavy atom. The Kier molecular flexibility index (Phi) is 4.66. The summed E-state index contributed by atoms with van der Waals surface area (Å²) < 4.78 is 3.30. The van der Waals surface area contributed by atoms with Gasteiger partial charge in [-0.25, -0.2) is 9.20 Å². The zero-order valence-corrected chi connectivity index (χ0v) is 17.5. The minimum absolute atomic E-state index is 0.0627. The summed E-state index contributed by atoms with van der Waals surface area (Å²) in [5.41, 5.74) is 4.82. The van der Waals surface area contributed by atoms with Crippen LogP contribution >= 0.6 is 0 Å². The molecule has 1 aliphatic rings. The van der Waals surface area contributed by atoms with Crippen molar-refractivity contribution < 1.29 is 4.79 Å². The summed E-state index contributed by atoms with van der Waals surface area (Å²) in [4.78, 5) is 26.4. The van der Waals surface area contributed by atoms with Crippen LogP contribution in [0.3, 0.4) is 0 Å². The van der Waals surface area contributed by atoms with Gasteiger partial charge in [-0.1, -0.05) is 30.3 Å². The fraction of sp³-hybridized carbons (Fsp3) is 0.250. The highest BCUT2D eigenvalue weighted by atomic mass is 16.2. The molecule has 0 radical (unpaired) electrons. The van der Waals surface area contributed by atoms with Crippen LogP contribution < -0.4 is 10.5 Å². The second kappa shape index (κ2) is 7.50. The summed E-state index contributed by atoms with van der Waals surface area (Å²) in [6, 6.07) is 17.1. The maximum Gasteiger partial charge on any atom is 0.267 e. The fourth-order valence-electron chi connectivity index (χ4n) is 4.10. The number of benzene rings is 1. The van der Waals surface area contributed by atoms with Crippen LogP contribution in [0.5, 0.6) is 0 Å². The highest BCUT2D eigenvalue weighted by molar-refractivity contribution is 5.98. The topological polar surface area (TPSA) is 72.5 Å². The van der Waals surface area contributed by atoms with E-state index in [1.54, 1.807) is 12.1 Å². The highest BCUT2D eigenvalue weighted by Crippen LogP contribution is 2.35. The van der Waals surface area contributed by atoms with E-state index in [9.17, 15) is 9.59 Å². The maximum atomic E-state index is 12.3. The van der Waals surface area contributed by atoms with Crippen LogP contribution in [0.25, 0.3) is 28.0 Å². The summed E-state index contributed by atoms with van der Waals surface area (Å²) >= 11 is 0. The molecule has 1 aromatic carbocycles. The summed E-state index contributed by atoms with van der Waals surface area (Å²) in [6.07, 6.45) is 3.32. The number of nitrogens with zero attached hydrogens (tertiary/aromatic N) is 5. The van der Waals surface area contributed by atoms with Crippen molar-refractivity contribution in [3.8, 4) is 22.5 Å². The minimum atomic E-state index is -0.139. The number of aromatic nitrogens is 4. The van der Waals surface area contributed by atoms with Gasteiger partial charge in [0.2, 0.25) is 5.91 Å². The van der Waals surface area contributed by atoms with E-state index in [0.29, 0.717) is 12.1 Å². The highest BCUT2D eigenvalue weighted by Gasteiger charge is 2.24. The number of hydrogen-bond acceptors (Lipinski definition) is 4. The van der Waals surface area contributed by atoms with E-state index in [0.717, 1.165) is 41.0 Å². The molecular formula is C24H23N5O2. The van der Waals surface area contributed by atoms with Gasteiger partial charge in [-0.05, 0) is 38.5 Å². The molecule has 5 rings (SSSR count). The second-order valence-electron chi connectivity index (χ2n) is 8.05. The van der Waals surface area contributed by atoms with Gasteiger partial charge in [-0.2, -0.15) is 10.2 Å². The standard InChI is InChI=1S/C24H23N5O2/c1-16(2)29-22(31)11-10-19(25-29)23-20-15-18(27-13-6-9-21(27)30)12-14-28(20)26-24(23)17-7-4-3-5-8-17/h3-5,7-8,10-12,14-16H,6,9,13H2,1-2H3. The Balaban J connectivity index is 1.78. The SMILES string of the molecule is CC(C)n1nc(-c2c(-c3ccccc3)nn3ccc(N4CCCC4=O)cc23)ccc1=O. The van der Waals surface area contributed by atoms with Gasteiger partial charge in [0.25, 0.3) is 5.56 Å². The lowest BCUT2D eigenvalue weighted by Crippen LogP contribution is -2.24. The molecule has 0 spiro atoms. The Morgan fingerprint density at radius 2 is 1.77 bits per heavy atom. The number of carbonyl (C=O) groups is 1. The molecule has 1 aliphatic heterocycles. The summed E-state index contributed by atoms with van der Waals surface area (Å²) in [5, 5.41) is 9.49. The first-order valence-electron chi connectivity index (χ1n) is 10.5. The lowest BCUT2D eigenvalue weighted by molar-refractivity contribution is -0.117. The molecule has 0 saturated carbocycles. The van der Waals surface area contributed by atoms with Gasteiger partial charge in [0, 0.05) is 36.5 Å².